The molecule has 3 fully saturated rings. The number of anilines is 2. The highest BCUT2D eigenvalue weighted by atomic mass is 127. The summed E-state index contributed by atoms with van der Waals surface area (Å²) in [5.41, 5.74) is 2.15. The number of aromatic nitrogens is 2. The molecule has 0 radical (unpaired) electrons. The lowest BCUT2D eigenvalue weighted by molar-refractivity contribution is -0.131. The number of fused-ring (bicyclic) bond motifs is 6. The minimum Gasteiger partial charge on any atom is -0.507 e. The van der Waals surface area contributed by atoms with Crippen LogP contribution in [0.2, 0.25) is 5.02 Å². The van der Waals surface area contributed by atoms with E-state index in [1.165, 1.54) is 9.80 Å². The summed E-state index contributed by atoms with van der Waals surface area (Å²) in [5, 5.41) is 20.0. The maximum Gasteiger partial charge on any atom is 0.242 e. The fourth-order valence-corrected chi connectivity index (χ4v) is 11.8. The minimum absolute atomic E-state index is 0.0351. The van der Waals surface area contributed by atoms with E-state index in [4.69, 9.17) is 16.7 Å². The molecule has 56 heavy (non-hydrogen) atoms. The van der Waals surface area contributed by atoms with Gasteiger partial charge in [-0.25, -0.2) is 4.90 Å². The lowest BCUT2D eigenvalue weighted by atomic mass is 9.51. The number of aromatic hydroxyl groups is 1. The Labute approximate surface area is 344 Å². The molecule has 0 spiro atoms. The molecule has 2 aromatic heterocycles. The van der Waals surface area contributed by atoms with E-state index < -0.39 is 40.9 Å². The van der Waals surface area contributed by atoms with Crippen molar-refractivity contribution in [3.8, 4) is 16.3 Å². The Bertz CT molecular complexity index is 2780. The predicted molar refractivity (Wildman–Crippen MR) is 226 cm³/mol. The van der Waals surface area contributed by atoms with E-state index >= 15 is 9.59 Å². The van der Waals surface area contributed by atoms with E-state index in [0.29, 0.717) is 39.6 Å². The molecule has 9 nitrogen and oxygen atoms in total. The standard InChI is InChI=1S/C44H34ClIN4O5S/c1-21-30-18-23(45)9-17-34(30)56-39(21)33-20-35(48(3)47-33)50-41(53)32-19-31-27(15-16-28-36(31)42(54)49(40(28)52)25-12-10-24(46)11-13-25)37(44(32,2)43(50)55)29-14-8-22-6-4-5-7-26(22)38(29)51/h4-15,17-18,20,28,31-32,36-37,51H,16,19H2,1-3H3. The second-order valence-corrected chi connectivity index (χ2v) is 18.3. The number of nitrogens with zero attached hydrogens (tertiary/aromatic N) is 4. The van der Waals surface area contributed by atoms with Gasteiger partial charge in [0, 0.05) is 43.3 Å². The number of halogens is 2. The molecule has 4 aliphatic rings. The number of hydrogen-bond acceptors (Lipinski definition) is 7. The minimum atomic E-state index is -1.33. The Morgan fingerprint density at radius 3 is 2.45 bits per heavy atom. The highest BCUT2D eigenvalue weighted by Crippen LogP contribution is 2.65. The fourth-order valence-electron chi connectivity index (χ4n) is 10.1. The second-order valence-electron chi connectivity index (χ2n) is 15.6. The van der Waals surface area contributed by atoms with Gasteiger partial charge in [-0.2, -0.15) is 5.10 Å². The average Bonchev–Trinajstić information content (AvgIpc) is 3.86. The molecule has 12 heteroatoms. The number of imide groups is 2. The van der Waals surface area contributed by atoms with Crippen molar-refractivity contribution in [1.82, 2.24) is 9.78 Å². The first-order valence-corrected chi connectivity index (χ1v) is 20.8. The van der Waals surface area contributed by atoms with Gasteiger partial charge in [-0.3, -0.25) is 28.8 Å². The van der Waals surface area contributed by atoms with Crippen molar-refractivity contribution >= 4 is 102 Å². The van der Waals surface area contributed by atoms with Crippen LogP contribution in [-0.2, 0) is 26.2 Å². The number of hydrogen-bond donors (Lipinski definition) is 1. The molecule has 6 aromatic rings. The molecule has 6 unspecified atom stereocenters. The summed E-state index contributed by atoms with van der Waals surface area (Å²) >= 11 is 10.1. The van der Waals surface area contributed by atoms with Gasteiger partial charge in [0.2, 0.25) is 23.6 Å². The van der Waals surface area contributed by atoms with Gasteiger partial charge in [-0.05, 0) is 114 Å². The van der Waals surface area contributed by atoms with Crippen LogP contribution in [0.15, 0.2) is 96.6 Å². The first-order chi connectivity index (χ1) is 26.9. The number of carbonyl (C=O) groups excluding carboxylic acids is 4. The number of carbonyl (C=O) groups is 4. The number of amides is 4. The van der Waals surface area contributed by atoms with Gasteiger partial charge in [0.05, 0.1) is 33.7 Å². The molecule has 4 aromatic carbocycles. The molecule has 2 saturated heterocycles. The third-order valence-electron chi connectivity index (χ3n) is 12.8. The molecular formula is C44H34ClIN4O5S. The van der Waals surface area contributed by atoms with Crippen molar-refractivity contribution in [2.45, 2.75) is 32.6 Å². The quantitative estimate of drug-likeness (QED) is 0.107. The largest absolute Gasteiger partial charge is 0.507 e. The first-order valence-electron chi connectivity index (χ1n) is 18.5. The monoisotopic (exact) mass is 892 g/mol. The zero-order chi connectivity index (χ0) is 38.9. The highest BCUT2D eigenvalue weighted by molar-refractivity contribution is 14.1. The average molecular weight is 893 g/mol. The Hall–Kier alpha value is -4.85. The normalized spacial score (nSPS) is 25.9. The number of phenols is 1. The second kappa shape index (κ2) is 12.6. The molecule has 280 valence electrons. The molecule has 0 bridgehead atoms. The Kier molecular flexibility index (Phi) is 7.98. The molecule has 4 amide bonds. The number of aryl methyl sites for hydroxylation is 2. The summed E-state index contributed by atoms with van der Waals surface area (Å²) in [7, 11) is 1.73. The molecule has 6 atom stereocenters. The summed E-state index contributed by atoms with van der Waals surface area (Å²) in [4.78, 5) is 62.3. The molecule has 4 heterocycles. The van der Waals surface area contributed by atoms with Gasteiger partial charge in [-0.15, -0.1) is 11.3 Å². The van der Waals surface area contributed by atoms with E-state index in [0.717, 1.165) is 35.1 Å². The summed E-state index contributed by atoms with van der Waals surface area (Å²) in [6.07, 6.45) is 2.52. The zero-order valence-electron chi connectivity index (χ0n) is 30.5. The Morgan fingerprint density at radius 2 is 1.66 bits per heavy atom. The van der Waals surface area contributed by atoms with Crippen molar-refractivity contribution in [3.63, 3.8) is 0 Å². The van der Waals surface area contributed by atoms with Crippen LogP contribution in [0.3, 0.4) is 0 Å². The maximum absolute atomic E-state index is 15.3. The number of allylic oxidation sites excluding steroid dienone is 2. The van der Waals surface area contributed by atoms with Gasteiger partial charge >= 0.3 is 0 Å². The zero-order valence-corrected chi connectivity index (χ0v) is 34.2. The van der Waals surface area contributed by atoms with Crippen LogP contribution >= 0.6 is 45.5 Å². The fraction of sp³-hybridized carbons (Fsp3) is 0.250. The van der Waals surface area contributed by atoms with E-state index in [2.05, 4.69) is 22.6 Å². The van der Waals surface area contributed by atoms with E-state index in [-0.39, 0.29) is 29.9 Å². The van der Waals surface area contributed by atoms with Gasteiger partial charge in [0.25, 0.3) is 0 Å². The van der Waals surface area contributed by atoms with E-state index in [9.17, 15) is 14.7 Å². The van der Waals surface area contributed by atoms with Crippen LogP contribution in [0.4, 0.5) is 11.5 Å². The summed E-state index contributed by atoms with van der Waals surface area (Å²) in [6.45, 7) is 3.84. The third-order valence-corrected chi connectivity index (χ3v) is 15.1. The molecule has 10 rings (SSSR count). The van der Waals surface area contributed by atoms with Crippen LogP contribution in [0.1, 0.15) is 36.8 Å². The van der Waals surface area contributed by atoms with Crippen molar-refractivity contribution in [2.24, 2.45) is 36.1 Å². The number of phenolic OH excluding ortho intramolecular Hbond substituents is 1. The lowest BCUT2D eigenvalue weighted by Gasteiger charge is -2.49. The summed E-state index contributed by atoms with van der Waals surface area (Å²) in [5.74, 6) is -4.40. The van der Waals surface area contributed by atoms with Gasteiger partial charge in [0.15, 0.2) is 0 Å². The summed E-state index contributed by atoms with van der Waals surface area (Å²) < 4.78 is 3.61. The smallest absolute Gasteiger partial charge is 0.242 e. The van der Waals surface area contributed by atoms with Gasteiger partial charge in [-0.1, -0.05) is 59.6 Å². The topological polar surface area (TPSA) is 113 Å². The lowest BCUT2D eigenvalue weighted by Crippen LogP contribution is -2.49. The molecule has 1 saturated carbocycles. The number of benzene rings is 4. The van der Waals surface area contributed by atoms with Crippen LogP contribution in [-0.4, -0.2) is 38.5 Å². The summed E-state index contributed by atoms with van der Waals surface area (Å²) in [6, 6.07) is 26.1. The predicted octanol–water partition coefficient (Wildman–Crippen LogP) is 9.16. The number of rotatable bonds is 4. The van der Waals surface area contributed by atoms with Crippen LogP contribution in [0, 0.1) is 39.6 Å². The number of thiophene rings is 1. The van der Waals surface area contributed by atoms with Crippen molar-refractivity contribution in [2.75, 3.05) is 9.80 Å². The Balaban J connectivity index is 1.11. The van der Waals surface area contributed by atoms with Gasteiger partial charge < -0.3 is 5.11 Å². The maximum atomic E-state index is 15.3. The Morgan fingerprint density at radius 1 is 0.893 bits per heavy atom. The van der Waals surface area contributed by atoms with Crippen molar-refractivity contribution in [1.29, 1.82) is 0 Å². The van der Waals surface area contributed by atoms with Crippen molar-refractivity contribution in [3.05, 3.63) is 116 Å². The third kappa shape index (κ3) is 4.86. The van der Waals surface area contributed by atoms with E-state index in [1.54, 1.807) is 41.3 Å². The molecule has 1 N–H and O–H groups in total. The highest BCUT2D eigenvalue weighted by Gasteiger charge is 2.68. The van der Waals surface area contributed by atoms with Crippen LogP contribution in [0.25, 0.3) is 31.4 Å². The first kappa shape index (κ1) is 35.6. The molecular weight excluding hydrogens is 859 g/mol. The SMILES string of the molecule is Cc1c(-c2cc(N3C(=O)C4CC5C(=CCC6C(=O)N(c7ccc(I)cc7)C(=O)C65)C(c5ccc6ccccc6c5O)C4(C)C3=O)n(C)n2)sc2ccc(Cl)cc12. The van der Waals surface area contributed by atoms with E-state index in [1.807, 2.05) is 86.7 Å². The molecule has 2 aliphatic heterocycles. The van der Waals surface area contributed by atoms with Gasteiger partial charge in [0.1, 0.15) is 17.3 Å². The van der Waals surface area contributed by atoms with Crippen LogP contribution < -0.4 is 9.80 Å². The molecule has 2 aliphatic carbocycles. The van der Waals surface area contributed by atoms with Crippen molar-refractivity contribution < 1.29 is 24.3 Å². The van der Waals surface area contributed by atoms with Crippen LogP contribution in [0.5, 0.6) is 5.75 Å².